The van der Waals surface area contributed by atoms with Crippen molar-refractivity contribution in [1.82, 2.24) is 0 Å². The van der Waals surface area contributed by atoms with E-state index in [-0.39, 0.29) is 53.9 Å². The van der Waals surface area contributed by atoms with Gasteiger partial charge >= 0.3 is 18.1 Å². The van der Waals surface area contributed by atoms with Crippen molar-refractivity contribution in [2.75, 3.05) is 39.6 Å². The number of nitrogens with zero attached hydrogens (tertiary/aromatic N) is 1. The molecule has 0 aliphatic carbocycles. The second-order valence-corrected chi connectivity index (χ2v) is 6.92. The average molecular weight is 503 g/mol. The highest BCUT2D eigenvalue weighted by Gasteiger charge is 2.34. The molecule has 13 heteroatoms. The summed E-state index contributed by atoms with van der Waals surface area (Å²) in [5.41, 5.74) is -1.76. The quantitative estimate of drug-likeness (QED) is 0.429. The number of methoxy groups -OCH3 is 3. The van der Waals surface area contributed by atoms with Gasteiger partial charge in [-0.3, -0.25) is 0 Å². The van der Waals surface area contributed by atoms with Crippen molar-refractivity contribution >= 4 is 17.6 Å². The number of halogens is 5. The molecule has 0 spiro atoms. The maximum absolute atomic E-state index is 14.4. The molecule has 188 valence electrons. The third-order valence-electron chi connectivity index (χ3n) is 4.83. The molecular weight excluding hydrogens is 485 g/mol. The van der Waals surface area contributed by atoms with E-state index in [0.29, 0.717) is 0 Å². The molecule has 0 fully saturated rings. The van der Waals surface area contributed by atoms with Crippen LogP contribution in [0.4, 0.5) is 27.6 Å². The minimum absolute atomic E-state index is 0.0397. The molecule has 0 atom stereocenters. The van der Waals surface area contributed by atoms with E-state index in [4.69, 9.17) is 18.9 Å². The topological polar surface area (TPSA) is 83.5 Å². The van der Waals surface area contributed by atoms with E-state index in [9.17, 15) is 31.5 Å². The van der Waals surface area contributed by atoms with Gasteiger partial charge in [-0.1, -0.05) is 0 Å². The largest absolute Gasteiger partial charge is 0.493 e. The Morgan fingerprint density at radius 1 is 0.943 bits per heavy atom. The highest BCUT2D eigenvalue weighted by molar-refractivity contribution is 6.03. The molecule has 0 radical (unpaired) electrons. The summed E-state index contributed by atoms with van der Waals surface area (Å²) in [6.07, 6.45) is -4.97. The predicted octanol–water partition coefficient (Wildman–Crippen LogP) is 4.18. The van der Waals surface area contributed by atoms with Crippen molar-refractivity contribution < 1.29 is 55.2 Å². The van der Waals surface area contributed by atoms with Crippen LogP contribution in [0.2, 0.25) is 0 Å². The SMILES string of the molecule is COC(=O)C1=C(C(=O)OC)N(c2ccc(OC)c(Oc3c(F)cc(C(F)(F)F)cc3F)c2)COC1. The zero-order valence-electron chi connectivity index (χ0n) is 18.5. The number of ether oxygens (including phenoxy) is 5. The number of benzene rings is 2. The summed E-state index contributed by atoms with van der Waals surface area (Å²) in [5, 5.41) is 0. The molecule has 1 heterocycles. The molecule has 1 aliphatic rings. The van der Waals surface area contributed by atoms with Gasteiger partial charge in [-0.2, -0.15) is 13.2 Å². The van der Waals surface area contributed by atoms with E-state index >= 15 is 0 Å². The zero-order valence-corrected chi connectivity index (χ0v) is 18.5. The second-order valence-electron chi connectivity index (χ2n) is 6.92. The Hall–Kier alpha value is -3.87. The molecule has 0 bridgehead atoms. The van der Waals surface area contributed by atoms with Crippen LogP contribution in [0, 0.1) is 11.6 Å². The lowest BCUT2D eigenvalue weighted by atomic mass is 10.1. The van der Waals surface area contributed by atoms with Crippen molar-refractivity contribution in [3.05, 3.63) is 58.8 Å². The van der Waals surface area contributed by atoms with Gasteiger partial charge < -0.3 is 28.6 Å². The van der Waals surface area contributed by atoms with E-state index in [1.807, 2.05) is 0 Å². The third-order valence-corrected chi connectivity index (χ3v) is 4.83. The van der Waals surface area contributed by atoms with Crippen molar-refractivity contribution in [2.45, 2.75) is 6.18 Å². The number of rotatable bonds is 6. The van der Waals surface area contributed by atoms with Crippen LogP contribution in [-0.4, -0.2) is 46.6 Å². The summed E-state index contributed by atoms with van der Waals surface area (Å²) < 4.78 is 92.4. The Labute approximate surface area is 195 Å². The number of hydrogen-bond donors (Lipinski definition) is 0. The molecular formula is C22H18F5NO7. The molecule has 0 unspecified atom stereocenters. The first-order chi connectivity index (χ1) is 16.5. The fourth-order valence-electron chi connectivity index (χ4n) is 3.19. The van der Waals surface area contributed by atoms with Crippen LogP contribution in [0.3, 0.4) is 0 Å². The van der Waals surface area contributed by atoms with Crippen LogP contribution in [0.5, 0.6) is 17.2 Å². The molecule has 0 aromatic heterocycles. The molecule has 8 nitrogen and oxygen atoms in total. The highest BCUT2D eigenvalue weighted by atomic mass is 19.4. The summed E-state index contributed by atoms with van der Waals surface area (Å²) in [7, 11) is 3.42. The molecule has 35 heavy (non-hydrogen) atoms. The third kappa shape index (κ3) is 5.29. The van der Waals surface area contributed by atoms with Crippen LogP contribution in [0.25, 0.3) is 0 Å². The van der Waals surface area contributed by atoms with E-state index in [1.54, 1.807) is 0 Å². The summed E-state index contributed by atoms with van der Waals surface area (Å²) >= 11 is 0. The molecule has 1 aliphatic heterocycles. The maximum atomic E-state index is 14.4. The Morgan fingerprint density at radius 2 is 1.57 bits per heavy atom. The van der Waals surface area contributed by atoms with Gasteiger partial charge in [0.05, 0.1) is 39.1 Å². The summed E-state index contributed by atoms with van der Waals surface area (Å²) in [6, 6.07) is 4.09. The summed E-state index contributed by atoms with van der Waals surface area (Å²) in [6.45, 7) is -0.491. The Morgan fingerprint density at radius 3 is 2.11 bits per heavy atom. The Bertz CT molecular complexity index is 1160. The maximum Gasteiger partial charge on any atom is 0.416 e. The standard InChI is InChI=1S/C22H18F5NO7/c1-31-16-5-4-12(28-10-34-9-13(20(29)32-2)18(28)21(30)33-3)8-17(16)35-19-14(23)6-11(7-15(19)24)22(25,26)27/h4-8H,9-10H2,1-3H3. The molecule has 0 N–H and O–H groups in total. The van der Waals surface area contributed by atoms with Gasteiger partial charge in [-0.15, -0.1) is 0 Å². The van der Waals surface area contributed by atoms with Gasteiger partial charge in [-0.25, -0.2) is 18.4 Å². The molecule has 2 aromatic rings. The zero-order chi connectivity index (χ0) is 25.9. The van der Waals surface area contributed by atoms with Crippen molar-refractivity contribution in [3.8, 4) is 17.2 Å². The Balaban J connectivity index is 2.08. The van der Waals surface area contributed by atoms with Gasteiger partial charge in [0.1, 0.15) is 12.4 Å². The van der Waals surface area contributed by atoms with Crippen LogP contribution in [0.1, 0.15) is 5.56 Å². The minimum atomic E-state index is -4.97. The lowest BCUT2D eigenvalue weighted by molar-refractivity contribution is -0.140. The van der Waals surface area contributed by atoms with E-state index in [0.717, 1.165) is 14.2 Å². The van der Waals surface area contributed by atoms with E-state index in [1.165, 1.54) is 30.2 Å². The molecule has 3 rings (SSSR count). The first-order valence-corrected chi connectivity index (χ1v) is 9.69. The van der Waals surface area contributed by atoms with Crippen molar-refractivity contribution in [1.29, 1.82) is 0 Å². The monoisotopic (exact) mass is 503 g/mol. The summed E-state index contributed by atoms with van der Waals surface area (Å²) in [4.78, 5) is 25.8. The number of esters is 2. The smallest absolute Gasteiger partial charge is 0.416 e. The Kier molecular flexibility index (Phi) is 7.48. The normalized spacial score (nSPS) is 14.0. The van der Waals surface area contributed by atoms with Crippen LogP contribution in [0.15, 0.2) is 41.6 Å². The number of alkyl halides is 3. The fraction of sp³-hybridized carbons (Fsp3) is 0.273. The predicted molar refractivity (Wildman–Crippen MR) is 109 cm³/mol. The van der Waals surface area contributed by atoms with E-state index in [2.05, 4.69) is 4.74 Å². The van der Waals surface area contributed by atoms with Crippen molar-refractivity contribution in [2.24, 2.45) is 0 Å². The number of hydrogen-bond acceptors (Lipinski definition) is 8. The first kappa shape index (κ1) is 25.7. The second kappa shape index (κ2) is 10.2. The molecule has 2 aromatic carbocycles. The number of anilines is 1. The lowest BCUT2D eigenvalue weighted by Gasteiger charge is -2.31. The molecule has 0 saturated heterocycles. The summed E-state index contributed by atoms with van der Waals surface area (Å²) in [5.74, 6) is -6.41. The fourth-order valence-corrected chi connectivity index (χ4v) is 3.19. The van der Waals surface area contributed by atoms with Gasteiger partial charge in [0.15, 0.2) is 28.9 Å². The average Bonchev–Trinajstić information content (AvgIpc) is 2.83. The minimum Gasteiger partial charge on any atom is -0.493 e. The van der Waals surface area contributed by atoms with Crippen LogP contribution >= 0.6 is 0 Å². The first-order valence-electron chi connectivity index (χ1n) is 9.69. The van der Waals surface area contributed by atoms with E-state index < -0.39 is 41.1 Å². The lowest BCUT2D eigenvalue weighted by Crippen LogP contribution is -2.38. The molecule has 0 saturated carbocycles. The molecule has 0 amide bonds. The van der Waals surface area contributed by atoms with Gasteiger partial charge in [0.2, 0.25) is 0 Å². The number of carbonyl (C=O) groups excluding carboxylic acids is 2. The van der Waals surface area contributed by atoms with Crippen LogP contribution < -0.4 is 14.4 Å². The van der Waals surface area contributed by atoms with Gasteiger partial charge in [0.25, 0.3) is 0 Å². The number of carbonyl (C=O) groups is 2. The highest BCUT2D eigenvalue weighted by Crippen LogP contribution is 2.40. The van der Waals surface area contributed by atoms with Crippen LogP contribution in [-0.2, 0) is 30.0 Å². The van der Waals surface area contributed by atoms with Gasteiger partial charge in [-0.05, 0) is 24.3 Å². The van der Waals surface area contributed by atoms with Crippen molar-refractivity contribution in [3.63, 3.8) is 0 Å². The van der Waals surface area contributed by atoms with Gasteiger partial charge in [0, 0.05) is 11.8 Å².